The predicted molar refractivity (Wildman–Crippen MR) is 124 cm³/mol. The topological polar surface area (TPSA) is 93.9 Å². The van der Waals surface area contributed by atoms with E-state index in [1.807, 2.05) is 13.8 Å². The van der Waals surface area contributed by atoms with Gasteiger partial charge in [-0.3, -0.25) is 9.59 Å². The Kier molecular flexibility index (Phi) is 6.21. The summed E-state index contributed by atoms with van der Waals surface area (Å²) in [4.78, 5) is 27.9. The summed E-state index contributed by atoms with van der Waals surface area (Å²) in [6, 6.07) is -1.05. The van der Waals surface area contributed by atoms with Gasteiger partial charge in [0.15, 0.2) is 0 Å². The molecule has 0 aromatic rings. The first-order valence-corrected chi connectivity index (χ1v) is 12.6. The smallest absolute Gasteiger partial charge is 0.404 e. The molecule has 0 radical (unpaired) electrons. The van der Waals surface area contributed by atoms with E-state index in [0.29, 0.717) is 24.8 Å². The van der Waals surface area contributed by atoms with Crippen molar-refractivity contribution < 1.29 is 18.9 Å². The monoisotopic (exact) mass is 447 g/mol. The first kappa shape index (κ1) is 24.0. The lowest BCUT2D eigenvalue weighted by Gasteiger charge is -2.64. The average Bonchev–Trinajstić information content (AvgIpc) is 3.33. The first-order chi connectivity index (χ1) is 14.9. The highest BCUT2D eigenvalue weighted by Crippen LogP contribution is 2.65. The third kappa shape index (κ3) is 3.70. The van der Waals surface area contributed by atoms with Crippen LogP contribution in [0.15, 0.2) is 0 Å². The first-order valence-electron chi connectivity index (χ1n) is 12.6. The van der Waals surface area contributed by atoms with Gasteiger partial charge in [0, 0.05) is 6.54 Å². The van der Waals surface area contributed by atoms with Crippen LogP contribution in [0.5, 0.6) is 0 Å². The summed E-state index contributed by atoms with van der Waals surface area (Å²) >= 11 is 0. The second-order valence-corrected chi connectivity index (χ2v) is 12.1. The van der Waals surface area contributed by atoms with Crippen LogP contribution in [0.2, 0.25) is 0 Å². The van der Waals surface area contributed by atoms with Crippen molar-refractivity contribution in [3.8, 4) is 0 Å². The minimum Gasteiger partial charge on any atom is -0.404 e. The van der Waals surface area contributed by atoms with Crippen molar-refractivity contribution in [3.63, 3.8) is 0 Å². The molecule has 0 spiro atoms. The fourth-order valence-electron chi connectivity index (χ4n) is 6.64. The van der Waals surface area contributed by atoms with Crippen molar-refractivity contribution in [2.24, 2.45) is 34.8 Å². The number of carbonyl (C=O) groups excluding carboxylic acids is 2. The largest absolute Gasteiger partial charge is 0.481 e. The maximum atomic E-state index is 13.3. The van der Waals surface area contributed by atoms with Crippen LogP contribution < -0.4 is 11.1 Å². The van der Waals surface area contributed by atoms with Crippen LogP contribution in [0.4, 0.5) is 0 Å². The number of nitrogens with zero attached hydrogens (tertiary/aromatic N) is 1. The highest BCUT2D eigenvalue weighted by atomic mass is 16.7. The van der Waals surface area contributed by atoms with Gasteiger partial charge >= 0.3 is 7.12 Å². The van der Waals surface area contributed by atoms with Crippen LogP contribution in [0.25, 0.3) is 0 Å². The van der Waals surface area contributed by atoms with Crippen LogP contribution in [0.3, 0.4) is 0 Å². The molecule has 180 valence electrons. The number of carbonyl (C=O) groups is 2. The molecule has 2 amide bonds. The molecule has 5 rings (SSSR count). The Bertz CT molecular complexity index is 760. The van der Waals surface area contributed by atoms with Crippen LogP contribution in [-0.2, 0) is 18.9 Å². The van der Waals surface area contributed by atoms with Gasteiger partial charge in [0.1, 0.15) is 6.04 Å². The van der Waals surface area contributed by atoms with Gasteiger partial charge < -0.3 is 25.3 Å². The predicted octanol–water partition coefficient (Wildman–Crippen LogP) is 2.37. The Morgan fingerprint density at radius 3 is 2.41 bits per heavy atom. The molecular weight excluding hydrogens is 405 g/mol. The molecule has 8 heteroatoms. The molecule has 2 bridgehead atoms. The molecule has 3 saturated carbocycles. The van der Waals surface area contributed by atoms with E-state index in [-0.39, 0.29) is 46.7 Å². The van der Waals surface area contributed by atoms with E-state index >= 15 is 0 Å². The molecule has 2 aliphatic heterocycles. The summed E-state index contributed by atoms with van der Waals surface area (Å²) in [5, 5.41) is 3.21. The maximum Gasteiger partial charge on any atom is 0.481 e. The number of nitrogens with one attached hydrogen (secondary N) is 1. The van der Waals surface area contributed by atoms with E-state index in [1.54, 1.807) is 4.90 Å². The normalized spacial score (nSPS) is 37.3. The number of nitrogens with two attached hydrogens (primary N) is 1. The van der Waals surface area contributed by atoms with Crippen LogP contribution in [0, 0.1) is 29.1 Å². The van der Waals surface area contributed by atoms with E-state index in [1.165, 1.54) is 6.42 Å². The van der Waals surface area contributed by atoms with Gasteiger partial charge in [0.25, 0.3) is 0 Å². The van der Waals surface area contributed by atoms with Crippen LogP contribution >= 0.6 is 0 Å². The zero-order chi connectivity index (χ0) is 23.6. The molecule has 5 aliphatic rings. The van der Waals surface area contributed by atoms with Crippen LogP contribution in [0.1, 0.15) is 74.1 Å². The minimum absolute atomic E-state index is 0.0371. The van der Waals surface area contributed by atoms with Gasteiger partial charge in [-0.15, -0.1) is 0 Å². The van der Waals surface area contributed by atoms with Gasteiger partial charge in [0.2, 0.25) is 11.8 Å². The quantitative estimate of drug-likeness (QED) is 0.610. The average molecular weight is 447 g/mol. The number of rotatable bonds is 6. The Morgan fingerprint density at radius 2 is 1.81 bits per heavy atom. The molecule has 7 nitrogen and oxygen atoms in total. The number of hydrogen-bond donors (Lipinski definition) is 2. The Balaban J connectivity index is 1.45. The van der Waals surface area contributed by atoms with Crippen molar-refractivity contribution in [3.05, 3.63) is 0 Å². The highest BCUT2D eigenvalue weighted by Gasteiger charge is 2.68. The molecule has 2 saturated heterocycles. The summed E-state index contributed by atoms with van der Waals surface area (Å²) in [5.74, 6) is 0.821. The summed E-state index contributed by atoms with van der Waals surface area (Å²) in [6.45, 7) is 15.5. The summed E-state index contributed by atoms with van der Waals surface area (Å²) in [7, 11) is -0.465. The number of likely N-dealkylation sites (tertiary alicyclic amines) is 1. The van der Waals surface area contributed by atoms with Crippen molar-refractivity contribution in [2.45, 2.75) is 104 Å². The Labute approximate surface area is 193 Å². The van der Waals surface area contributed by atoms with Gasteiger partial charge in [-0.05, 0) is 61.7 Å². The molecule has 0 aromatic heterocycles. The van der Waals surface area contributed by atoms with Crippen molar-refractivity contribution in [1.82, 2.24) is 10.2 Å². The molecule has 0 aromatic carbocycles. The van der Waals surface area contributed by atoms with Gasteiger partial charge in [-0.25, -0.2) is 0 Å². The lowest BCUT2D eigenvalue weighted by molar-refractivity contribution is -0.199. The number of amides is 2. The maximum absolute atomic E-state index is 13.3. The lowest BCUT2D eigenvalue weighted by atomic mass is 9.43. The molecule has 3 aliphatic carbocycles. The minimum atomic E-state index is -0.580. The Hall–Kier alpha value is -1.12. The SMILES string of the molecule is CC(C)[C@H](NC(=O)[C@@H]1CCCN1C(=O)[C@@H](N)C(C)C)B1O[C@@H]2C[C@@H]3C[C@@H](C3(C)C)[C@]2(C)O1. The molecular formula is C24H42BN3O4. The summed E-state index contributed by atoms with van der Waals surface area (Å²) in [5.41, 5.74) is 6.08. The van der Waals surface area contributed by atoms with Crippen molar-refractivity contribution in [1.29, 1.82) is 0 Å². The Morgan fingerprint density at radius 1 is 1.12 bits per heavy atom. The second-order valence-electron chi connectivity index (χ2n) is 12.1. The number of hydrogen-bond acceptors (Lipinski definition) is 5. The van der Waals surface area contributed by atoms with E-state index in [0.717, 1.165) is 12.8 Å². The van der Waals surface area contributed by atoms with Gasteiger partial charge in [-0.2, -0.15) is 0 Å². The third-order valence-electron chi connectivity index (χ3n) is 9.13. The molecule has 32 heavy (non-hydrogen) atoms. The summed E-state index contributed by atoms with van der Waals surface area (Å²) < 4.78 is 13.1. The second kappa shape index (κ2) is 8.28. The molecule has 7 atom stereocenters. The fraction of sp³-hybridized carbons (Fsp3) is 0.917. The van der Waals surface area contributed by atoms with Gasteiger partial charge in [0.05, 0.1) is 23.7 Å². The van der Waals surface area contributed by atoms with E-state index in [2.05, 4.69) is 39.9 Å². The van der Waals surface area contributed by atoms with E-state index in [9.17, 15) is 9.59 Å². The lowest BCUT2D eigenvalue weighted by Crippen LogP contribution is -2.65. The molecule has 5 fully saturated rings. The van der Waals surface area contributed by atoms with Crippen molar-refractivity contribution in [2.75, 3.05) is 6.54 Å². The zero-order valence-corrected chi connectivity index (χ0v) is 20.9. The van der Waals surface area contributed by atoms with Crippen LogP contribution in [-0.4, -0.2) is 60.1 Å². The van der Waals surface area contributed by atoms with Gasteiger partial charge in [-0.1, -0.05) is 41.5 Å². The molecule has 2 heterocycles. The standard InChI is InChI=1S/C24H42BN3O4/c1-13(2)19(26)22(30)28-10-8-9-16(28)21(29)27-20(14(3)4)25-31-18-12-15-11-17(23(15,5)6)24(18,7)32-25/h13-20H,8-12,26H2,1-7H3,(H,27,29)/t15-,16-,17-,18+,19-,20-,24-/m0/s1. The molecule has 0 unspecified atom stereocenters. The molecule has 3 N–H and O–H groups in total. The fourth-order valence-corrected chi connectivity index (χ4v) is 6.64. The summed E-state index contributed by atoms with van der Waals surface area (Å²) in [6.07, 6.45) is 3.78. The van der Waals surface area contributed by atoms with Crippen molar-refractivity contribution >= 4 is 18.9 Å². The third-order valence-corrected chi connectivity index (χ3v) is 9.13. The van der Waals surface area contributed by atoms with E-state index < -0.39 is 19.2 Å². The van der Waals surface area contributed by atoms with E-state index in [4.69, 9.17) is 15.0 Å². The highest BCUT2D eigenvalue weighted by molar-refractivity contribution is 6.48. The zero-order valence-electron chi connectivity index (χ0n) is 20.9.